The number of rotatable bonds is 6. The SMILES string of the molecule is Cl.NCCCOC1CCN(S(=O)(=O)c2ccc(C(F)(F)F)nc2)CC1. The summed E-state index contributed by atoms with van der Waals surface area (Å²) in [5.41, 5.74) is 4.26. The number of alkyl halides is 3. The zero-order chi connectivity index (χ0) is 17.8. The van der Waals surface area contributed by atoms with Crippen LogP contribution in [-0.4, -0.2) is 50.1 Å². The lowest BCUT2D eigenvalue weighted by molar-refractivity contribution is -0.141. The summed E-state index contributed by atoms with van der Waals surface area (Å²) < 4.78 is 69.3. The maximum atomic E-state index is 12.5. The van der Waals surface area contributed by atoms with Crippen LogP contribution in [0, 0.1) is 0 Å². The second-order valence-electron chi connectivity index (χ2n) is 5.49. The lowest BCUT2D eigenvalue weighted by Crippen LogP contribution is -2.41. The standard InChI is InChI=1S/C14H20F3N3O3S.ClH/c15-14(16,17)13-3-2-12(10-19-13)24(21,22)20-7-4-11(5-8-20)23-9-1-6-18;/h2-3,10-11H,1,4-9,18H2;1H. The Morgan fingerprint density at radius 2 is 1.92 bits per heavy atom. The molecule has 1 saturated heterocycles. The average molecular weight is 404 g/mol. The van der Waals surface area contributed by atoms with Gasteiger partial charge in [-0.3, -0.25) is 4.98 Å². The summed E-state index contributed by atoms with van der Waals surface area (Å²) in [5, 5.41) is 0. The third kappa shape index (κ3) is 5.78. The summed E-state index contributed by atoms with van der Waals surface area (Å²) >= 11 is 0. The Morgan fingerprint density at radius 1 is 1.28 bits per heavy atom. The highest BCUT2D eigenvalue weighted by molar-refractivity contribution is 7.89. The van der Waals surface area contributed by atoms with Crippen molar-refractivity contribution >= 4 is 22.4 Å². The van der Waals surface area contributed by atoms with Crippen molar-refractivity contribution in [3.8, 4) is 0 Å². The van der Waals surface area contributed by atoms with Gasteiger partial charge >= 0.3 is 6.18 Å². The molecule has 0 aromatic carbocycles. The van der Waals surface area contributed by atoms with Crippen LogP contribution in [0.2, 0.25) is 0 Å². The number of nitrogens with zero attached hydrogens (tertiary/aromatic N) is 2. The molecule has 11 heteroatoms. The Balaban J connectivity index is 0.00000312. The minimum Gasteiger partial charge on any atom is -0.378 e. The van der Waals surface area contributed by atoms with Crippen LogP contribution in [-0.2, 0) is 20.9 Å². The van der Waals surface area contributed by atoms with E-state index in [1.165, 1.54) is 4.31 Å². The summed E-state index contributed by atoms with van der Waals surface area (Å²) in [6.45, 7) is 1.60. The Labute approximate surface area is 151 Å². The van der Waals surface area contributed by atoms with Crippen molar-refractivity contribution in [2.45, 2.75) is 36.4 Å². The number of sulfonamides is 1. The molecule has 25 heavy (non-hydrogen) atoms. The van der Waals surface area contributed by atoms with E-state index in [0.29, 0.717) is 32.1 Å². The van der Waals surface area contributed by atoms with Crippen LogP contribution in [0.25, 0.3) is 0 Å². The maximum absolute atomic E-state index is 12.5. The molecule has 0 amide bonds. The molecule has 0 spiro atoms. The van der Waals surface area contributed by atoms with Crippen LogP contribution in [0.4, 0.5) is 13.2 Å². The van der Waals surface area contributed by atoms with Crippen LogP contribution in [0.5, 0.6) is 0 Å². The van der Waals surface area contributed by atoms with Crippen LogP contribution in [0.15, 0.2) is 23.2 Å². The first-order valence-corrected chi connectivity index (χ1v) is 9.04. The van der Waals surface area contributed by atoms with Crippen molar-refractivity contribution in [3.63, 3.8) is 0 Å². The minimum absolute atomic E-state index is 0. The normalized spacial score (nSPS) is 17.3. The fourth-order valence-corrected chi connectivity index (χ4v) is 3.84. The van der Waals surface area contributed by atoms with Gasteiger partial charge in [0, 0.05) is 25.9 Å². The molecule has 0 saturated carbocycles. The van der Waals surface area contributed by atoms with Crippen molar-refractivity contribution in [1.29, 1.82) is 0 Å². The van der Waals surface area contributed by atoms with Crippen molar-refractivity contribution in [1.82, 2.24) is 9.29 Å². The minimum atomic E-state index is -4.60. The fraction of sp³-hybridized carbons (Fsp3) is 0.643. The number of nitrogens with two attached hydrogens (primary N) is 1. The average Bonchev–Trinajstić information content (AvgIpc) is 2.55. The fourth-order valence-electron chi connectivity index (χ4n) is 2.42. The van der Waals surface area contributed by atoms with E-state index in [1.54, 1.807) is 0 Å². The van der Waals surface area contributed by atoms with E-state index in [4.69, 9.17) is 10.5 Å². The summed E-state index contributed by atoms with van der Waals surface area (Å²) in [7, 11) is -3.84. The number of ether oxygens (including phenoxy) is 1. The molecule has 1 aliphatic heterocycles. The van der Waals surface area contributed by atoms with Crippen molar-refractivity contribution in [2.24, 2.45) is 5.73 Å². The van der Waals surface area contributed by atoms with Gasteiger partial charge in [-0.15, -0.1) is 12.4 Å². The molecule has 2 rings (SSSR count). The predicted molar refractivity (Wildman–Crippen MR) is 87.9 cm³/mol. The van der Waals surface area contributed by atoms with Crippen LogP contribution in [0.3, 0.4) is 0 Å². The van der Waals surface area contributed by atoms with Gasteiger partial charge in [0.2, 0.25) is 10.0 Å². The quantitative estimate of drug-likeness (QED) is 0.735. The Bertz CT molecular complexity index is 633. The first-order valence-electron chi connectivity index (χ1n) is 7.60. The second kappa shape index (κ2) is 9.13. The highest BCUT2D eigenvalue weighted by Crippen LogP contribution is 2.28. The smallest absolute Gasteiger partial charge is 0.378 e. The molecule has 2 N–H and O–H groups in total. The van der Waals surface area contributed by atoms with Crippen LogP contribution < -0.4 is 5.73 Å². The first-order chi connectivity index (χ1) is 11.2. The van der Waals surface area contributed by atoms with E-state index in [9.17, 15) is 21.6 Å². The number of aromatic nitrogens is 1. The molecule has 1 aromatic rings. The Morgan fingerprint density at radius 3 is 2.40 bits per heavy atom. The highest BCUT2D eigenvalue weighted by atomic mass is 35.5. The summed E-state index contributed by atoms with van der Waals surface area (Å²) in [6, 6.07) is 1.62. The van der Waals surface area contributed by atoms with Gasteiger partial charge in [-0.2, -0.15) is 17.5 Å². The Kier molecular flexibility index (Phi) is 8.07. The molecule has 0 atom stereocenters. The number of halogens is 4. The summed E-state index contributed by atoms with van der Waals surface area (Å²) in [4.78, 5) is 2.97. The molecule has 6 nitrogen and oxygen atoms in total. The number of piperidine rings is 1. The van der Waals surface area contributed by atoms with Gasteiger partial charge in [-0.25, -0.2) is 8.42 Å². The third-order valence-electron chi connectivity index (χ3n) is 3.77. The molecule has 0 aliphatic carbocycles. The largest absolute Gasteiger partial charge is 0.433 e. The van der Waals surface area contributed by atoms with E-state index >= 15 is 0 Å². The highest BCUT2D eigenvalue weighted by Gasteiger charge is 2.34. The van der Waals surface area contributed by atoms with Crippen molar-refractivity contribution < 1.29 is 26.3 Å². The molecular formula is C14H21ClF3N3O3S. The molecule has 1 aliphatic rings. The molecule has 0 bridgehead atoms. The van der Waals surface area contributed by atoms with E-state index in [-0.39, 0.29) is 36.5 Å². The Hall–Kier alpha value is -0.940. The third-order valence-corrected chi connectivity index (χ3v) is 5.65. The summed E-state index contributed by atoms with van der Waals surface area (Å²) in [5.74, 6) is 0. The molecule has 2 heterocycles. The molecule has 0 unspecified atom stereocenters. The zero-order valence-corrected chi connectivity index (χ0v) is 15.0. The first kappa shape index (κ1) is 22.1. The monoisotopic (exact) mass is 403 g/mol. The number of pyridine rings is 1. The molecule has 144 valence electrons. The molecule has 1 aromatic heterocycles. The van der Waals surface area contributed by atoms with Crippen molar-refractivity contribution in [2.75, 3.05) is 26.2 Å². The van der Waals surface area contributed by atoms with Crippen LogP contribution >= 0.6 is 12.4 Å². The van der Waals surface area contributed by atoms with Gasteiger partial charge in [-0.1, -0.05) is 0 Å². The van der Waals surface area contributed by atoms with Gasteiger partial charge in [-0.05, 0) is 37.9 Å². The molecular weight excluding hydrogens is 383 g/mol. The number of hydrogen-bond donors (Lipinski definition) is 1. The number of hydrogen-bond acceptors (Lipinski definition) is 5. The topological polar surface area (TPSA) is 85.5 Å². The van der Waals surface area contributed by atoms with Gasteiger partial charge in [0.05, 0.1) is 6.10 Å². The van der Waals surface area contributed by atoms with Crippen molar-refractivity contribution in [3.05, 3.63) is 24.0 Å². The maximum Gasteiger partial charge on any atom is 0.433 e. The van der Waals surface area contributed by atoms with Gasteiger partial charge < -0.3 is 10.5 Å². The lowest BCUT2D eigenvalue weighted by Gasteiger charge is -2.31. The van der Waals surface area contributed by atoms with E-state index in [0.717, 1.165) is 18.7 Å². The lowest BCUT2D eigenvalue weighted by atomic mass is 10.1. The zero-order valence-electron chi connectivity index (χ0n) is 13.4. The second-order valence-corrected chi connectivity index (χ2v) is 7.43. The van der Waals surface area contributed by atoms with Crippen LogP contribution in [0.1, 0.15) is 25.0 Å². The summed E-state index contributed by atoms with van der Waals surface area (Å²) in [6.07, 6.45) is -2.04. The predicted octanol–water partition coefficient (Wildman–Crippen LogP) is 2.04. The molecule has 1 fully saturated rings. The van der Waals surface area contributed by atoms with E-state index in [1.807, 2.05) is 0 Å². The van der Waals surface area contributed by atoms with E-state index in [2.05, 4.69) is 4.98 Å². The van der Waals surface area contributed by atoms with Gasteiger partial charge in [0.25, 0.3) is 0 Å². The van der Waals surface area contributed by atoms with Gasteiger partial charge in [0.1, 0.15) is 10.6 Å². The van der Waals surface area contributed by atoms with Gasteiger partial charge in [0.15, 0.2) is 0 Å². The van der Waals surface area contributed by atoms with E-state index < -0.39 is 21.9 Å². The molecule has 0 radical (unpaired) electrons.